The minimum atomic E-state index is 0.329. The van der Waals surface area contributed by atoms with Crippen molar-refractivity contribution in [3.8, 4) is 17.6 Å². The molecule has 0 atom stereocenters. The highest BCUT2D eigenvalue weighted by Crippen LogP contribution is 2.38. The second-order valence-corrected chi connectivity index (χ2v) is 3.30. The van der Waals surface area contributed by atoms with Crippen molar-refractivity contribution < 1.29 is 9.47 Å². The summed E-state index contributed by atoms with van der Waals surface area (Å²) in [6.07, 6.45) is 0.744. The van der Waals surface area contributed by atoms with Crippen molar-refractivity contribution in [3.05, 3.63) is 22.2 Å². The monoisotopic (exact) mass is 225 g/mol. The molecule has 0 amide bonds. The van der Waals surface area contributed by atoms with Gasteiger partial charge in [-0.25, -0.2) is 0 Å². The Morgan fingerprint density at radius 2 is 2.07 bits per heavy atom. The van der Waals surface area contributed by atoms with Crippen molar-refractivity contribution in [2.45, 2.75) is 13.3 Å². The summed E-state index contributed by atoms with van der Waals surface area (Å²) >= 11 is 6.06. The molecule has 3 nitrogen and oxygen atoms in total. The highest BCUT2D eigenvalue weighted by atomic mass is 35.5. The number of ether oxygens (including phenoxy) is 2. The van der Waals surface area contributed by atoms with Crippen LogP contribution in [0.2, 0.25) is 5.02 Å². The zero-order valence-electron chi connectivity index (χ0n) is 8.93. The lowest BCUT2D eigenvalue weighted by atomic mass is 10.1. The SMILES string of the molecule is CCc1cc(OC)c(OC)c(C#N)c1Cl. The Bertz CT molecular complexity index is 410. The molecule has 0 fully saturated rings. The van der Waals surface area contributed by atoms with Crippen LogP contribution in [0.1, 0.15) is 18.1 Å². The van der Waals surface area contributed by atoms with Gasteiger partial charge in [0.05, 0.1) is 19.2 Å². The summed E-state index contributed by atoms with van der Waals surface area (Å²) in [5.74, 6) is 0.928. The van der Waals surface area contributed by atoms with Gasteiger partial charge in [0.15, 0.2) is 11.5 Å². The van der Waals surface area contributed by atoms with Gasteiger partial charge in [0, 0.05) is 0 Å². The van der Waals surface area contributed by atoms with Gasteiger partial charge in [0.2, 0.25) is 0 Å². The Morgan fingerprint density at radius 1 is 1.40 bits per heavy atom. The van der Waals surface area contributed by atoms with E-state index in [0.29, 0.717) is 22.1 Å². The van der Waals surface area contributed by atoms with Gasteiger partial charge in [0.1, 0.15) is 11.6 Å². The first kappa shape index (κ1) is 11.7. The molecule has 4 heteroatoms. The Hall–Kier alpha value is -1.40. The van der Waals surface area contributed by atoms with E-state index in [1.807, 2.05) is 13.0 Å². The molecule has 0 N–H and O–H groups in total. The topological polar surface area (TPSA) is 42.2 Å². The predicted octanol–water partition coefficient (Wildman–Crippen LogP) is 2.79. The lowest BCUT2D eigenvalue weighted by Crippen LogP contribution is -1.97. The molecular formula is C11H12ClNO2. The quantitative estimate of drug-likeness (QED) is 0.795. The van der Waals surface area contributed by atoms with Crippen LogP contribution in [0.25, 0.3) is 0 Å². The van der Waals surface area contributed by atoms with Crippen molar-refractivity contribution in [2.24, 2.45) is 0 Å². The first-order valence-electron chi connectivity index (χ1n) is 4.53. The molecule has 0 aliphatic carbocycles. The van der Waals surface area contributed by atoms with Crippen LogP contribution in [0, 0.1) is 11.3 Å². The summed E-state index contributed by atoms with van der Waals surface area (Å²) in [6.45, 7) is 1.97. The fraction of sp³-hybridized carbons (Fsp3) is 0.364. The Morgan fingerprint density at radius 3 is 2.47 bits per heavy atom. The molecule has 15 heavy (non-hydrogen) atoms. The summed E-state index contributed by atoms with van der Waals surface area (Å²) in [7, 11) is 3.02. The maximum Gasteiger partial charge on any atom is 0.180 e. The minimum absolute atomic E-state index is 0.329. The van der Waals surface area contributed by atoms with Crippen molar-refractivity contribution in [3.63, 3.8) is 0 Å². The number of halogens is 1. The third-order valence-corrected chi connectivity index (χ3v) is 2.61. The molecule has 0 radical (unpaired) electrons. The number of nitrogens with zero attached hydrogens (tertiary/aromatic N) is 1. The number of hydrogen-bond acceptors (Lipinski definition) is 3. The minimum Gasteiger partial charge on any atom is -0.493 e. The molecule has 0 heterocycles. The molecule has 0 spiro atoms. The van der Waals surface area contributed by atoms with Crippen LogP contribution < -0.4 is 9.47 Å². The molecular weight excluding hydrogens is 214 g/mol. The van der Waals surface area contributed by atoms with Crippen LogP contribution in [0.4, 0.5) is 0 Å². The van der Waals surface area contributed by atoms with E-state index in [-0.39, 0.29) is 0 Å². The van der Waals surface area contributed by atoms with Gasteiger partial charge in [-0.05, 0) is 18.1 Å². The second kappa shape index (κ2) is 4.90. The van der Waals surface area contributed by atoms with Crippen molar-refractivity contribution in [2.75, 3.05) is 14.2 Å². The summed E-state index contributed by atoms with van der Waals surface area (Å²) < 4.78 is 10.2. The number of hydrogen-bond donors (Lipinski definition) is 0. The van der Waals surface area contributed by atoms with E-state index in [2.05, 4.69) is 0 Å². The first-order valence-corrected chi connectivity index (χ1v) is 4.90. The number of nitriles is 1. The lowest BCUT2D eigenvalue weighted by molar-refractivity contribution is 0.353. The number of benzene rings is 1. The van der Waals surface area contributed by atoms with Gasteiger partial charge in [-0.2, -0.15) is 5.26 Å². The van der Waals surface area contributed by atoms with Crippen molar-refractivity contribution >= 4 is 11.6 Å². The van der Waals surface area contributed by atoms with E-state index in [9.17, 15) is 0 Å². The average Bonchev–Trinajstić information content (AvgIpc) is 2.28. The maximum absolute atomic E-state index is 9.00. The largest absolute Gasteiger partial charge is 0.493 e. The van der Waals surface area contributed by atoms with E-state index in [1.54, 1.807) is 6.07 Å². The zero-order valence-corrected chi connectivity index (χ0v) is 9.68. The van der Waals surface area contributed by atoms with E-state index in [1.165, 1.54) is 14.2 Å². The smallest absolute Gasteiger partial charge is 0.180 e. The number of methoxy groups -OCH3 is 2. The van der Waals surface area contributed by atoms with Gasteiger partial charge < -0.3 is 9.47 Å². The van der Waals surface area contributed by atoms with Crippen LogP contribution in [-0.2, 0) is 6.42 Å². The van der Waals surface area contributed by atoms with Crippen molar-refractivity contribution in [1.82, 2.24) is 0 Å². The molecule has 1 rings (SSSR count). The van der Waals surface area contributed by atoms with Crippen LogP contribution in [0.5, 0.6) is 11.5 Å². The molecule has 0 aromatic heterocycles. The van der Waals surface area contributed by atoms with Gasteiger partial charge in [-0.3, -0.25) is 0 Å². The maximum atomic E-state index is 9.00. The van der Waals surface area contributed by atoms with Crippen LogP contribution in [0.3, 0.4) is 0 Å². The van der Waals surface area contributed by atoms with Crippen LogP contribution in [-0.4, -0.2) is 14.2 Å². The van der Waals surface area contributed by atoms with Gasteiger partial charge >= 0.3 is 0 Å². The van der Waals surface area contributed by atoms with E-state index in [4.69, 9.17) is 26.3 Å². The standard InChI is InChI=1S/C11H12ClNO2/c1-4-7-5-9(14-2)11(15-3)8(6-13)10(7)12/h5H,4H2,1-3H3. The molecule has 0 unspecified atom stereocenters. The normalized spacial score (nSPS) is 9.53. The molecule has 0 bridgehead atoms. The molecule has 0 aliphatic heterocycles. The van der Waals surface area contributed by atoms with Gasteiger partial charge in [0.25, 0.3) is 0 Å². The van der Waals surface area contributed by atoms with E-state index >= 15 is 0 Å². The lowest BCUT2D eigenvalue weighted by Gasteiger charge is -2.12. The molecule has 0 saturated heterocycles. The van der Waals surface area contributed by atoms with E-state index < -0.39 is 0 Å². The molecule has 0 aliphatic rings. The van der Waals surface area contributed by atoms with Crippen LogP contribution in [0.15, 0.2) is 6.07 Å². The highest BCUT2D eigenvalue weighted by molar-refractivity contribution is 6.32. The molecule has 0 saturated carbocycles. The molecule has 80 valence electrons. The van der Waals surface area contributed by atoms with Crippen LogP contribution >= 0.6 is 11.6 Å². The summed E-state index contributed by atoms with van der Waals surface area (Å²) in [5, 5.41) is 9.44. The molecule has 1 aromatic carbocycles. The fourth-order valence-corrected chi connectivity index (χ4v) is 1.70. The highest BCUT2D eigenvalue weighted by Gasteiger charge is 2.17. The zero-order chi connectivity index (χ0) is 11.4. The summed E-state index contributed by atoms with van der Waals surface area (Å²) in [5.41, 5.74) is 1.21. The fourth-order valence-electron chi connectivity index (χ4n) is 1.38. The Balaban J connectivity index is 3.52. The summed E-state index contributed by atoms with van der Waals surface area (Å²) in [6, 6.07) is 3.82. The average molecular weight is 226 g/mol. The first-order chi connectivity index (χ1) is 7.19. The number of aryl methyl sites for hydroxylation is 1. The number of rotatable bonds is 3. The predicted molar refractivity (Wildman–Crippen MR) is 58.6 cm³/mol. The van der Waals surface area contributed by atoms with Gasteiger partial charge in [-0.15, -0.1) is 0 Å². The Labute approximate surface area is 94.2 Å². The third-order valence-electron chi connectivity index (χ3n) is 2.17. The van der Waals surface area contributed by atoms with E-state index in [0.717, 1.165) is 12.0 Å². The Kier molecular flexibility index (Phi) is 3.81. The van der Waals surface area contributed by atoms with Gasteiger partial charge in [-0.1, -0.05) is 18.5 Å². The third kappa shape index (κ3) is 2.00. The summed E-state index contributed by atoms with van der Waals surface area (Å²) in [4.78, 5) is 0. The molecule has 1 aromatic rings. The van der Waals surface area contributed by atoms with Crippen molar-refractivity contribution in [1.29, 1.82) is 5.26 Å². The second-order valence-electron chi connectivity index (χ2n) is 2.93.